The Hall–Kier alpha value is -1.61. The third-order valence-corrected chi connectivity index (χ3v) is 2.83. The van der Waals surface area contributed by atoms with Gasteiger partial charge in [0.25, 0.3) is 0 Å². The maximum atomic E-state index is 11.9. The van der Waals surface area contributed by atoms with E-state index in [4.69, 9.17) is 9.47 Å². The van der Waals surface area contributed by atoms with E-state index in [-0.39, 0.29) is 12.4 Å². The van der Waals surface area contributed by atoms with E-state index < -0.39 is 5.60 Å². The molecule has 1 aromatic carbocycles. The van der Waals surface area contributed by atoms with Crippen molar-refractivity contribution in [2.45, 2.75) is 52.2 Å². The van der Waals surface area contributed by atoms with Gasteiger partial charge in [0, 0.05) is 6.61 Å². The van der Waals surface area contributed by atoms with Gasteiger partial charge >= 0.3 is 5.97 Å². The molecule has 0 saturated heterocycles. The molecule has 3 nitrogen and oxygen atoms in total. The number of hydrogen-bond acceptors (Lipinski definition) is 3. The predicted molar refractivity (Wildman–Crippen MR) is 85.1 cm³/mol. The zero-order chi connectivity index (χ0) is 15.7. The van der Waals surface area contributed by atoms with Gasteiger partial charge in [0.2, 0.25) is 0 Å². The number of carbonyl (C=O) groups is 1. The number of allylic oxidation sites excluding steroid dienone is 1. The summed E-state index contributed by atoms with van der Waals surface area (Å²) in [5.74, 6) is -0.207. The Bertz CT molecular complexity index is 458. The van der Waals surface area contributed by atoms with Crippen LogP contribution in [0.3, 0.4) is 0 Å². The molecule has 0 radical (unpaired) electrons. The molecule has 0 aliphatic rings. The van der Waals surface area contributed by atoms with Crippen molar-refractivity contribution < 1.29 is 14.3 Å². The fourth-order valence-electron chi connectivity index (χ4n) is 1.92. The maximum Gasteiger partial charge on any atom is 0.310 e. The van der Waals surface area contributed by atoms with Crippen LogP contribution in [-0.4, -0.2) is 18.2 Å². The Morgan fingerprint density at radius 1 is 1.24 bits per heavy atom. The van der Waals surface area contributed by atoms with E-state index in [1.165, 1.54) is 0 Å². The SMILES string of the molecule is C=CCCCOCc1ccccc1CC(=O)OC(C)(C)C. The second-order valence-corrected chi connectivity index (χ2v) is 6.02. The number of ether oxygens (including phenoxy) is 2. The van der Waals surface area contributed by atoms with Crippen molar-refractivity contribution in [3.05, 3.63) is 48.0 Å². The third kappa shape index (κ3) is 7.66. The van der Waals surface area contributed by atoms with Crippen molar-refractivity contribution in [2.24, 2.45) is 0 Å². The Balaban J connectivity index is 2.54. The van der Waals surface area contributed by atoms with Crippen LogP contribution in [0.25, 0.3) is 0 Å². The van der Waals surface area contributed by atoms with Gasteiger partial charge in [-0.3, -0.25) is 4.79 Å². The van der Waals surface area contributed by atoms with Crippen molar-refractivity contribution in [3.63, 3.8) is 0 Å². The quantitative estimate of drug-likeness (QED) is 0.411. The summed E-state index contributed by atoms with van der Waals surface area (Å²) >= 11 is 0. The molecular weight excluding hydrogens is 264 g/mol. The zero-order valence-electron chi connectivity index (χ0n) is 13.4. The summed E-state index contributed by atoms with van der Waals surface area (Å²) in [6.07, 6.45) is 4.10. The summed E-state index contributed by atoms with van der Waals surface area (Å²) < 4.78 is 11.0. The fraction of sp³-hybridized carbons (Fsp3) is 0.500. The standard InChI is InChI=1S/C18H26O3/c1-5-6-9-12-20-14-16-11-8-7-10-15(16)13-17(19)21-18(2,3)4/h5,7-8,10-11H,1,6,9,12-14H2,2-4H3. The van der Waals surface area contributed by atoms with Crippen molar-refractivity contribution in [3.8, 4) is 0 Å². The second kappa shape index (κ2) is 8.63. The molecule has 1 rings (SSSR count). The van der Waals surface area contributed by atoms with Gasteiger partial charge in [0.1, 0.15) is 5.60 Å². The molecule has 0 amide bonds. The molecule has 21 heavy (non-hydrogen) atoms. The molecule has 3 heteroatoms. The highest BCUT2D eigenvalue weighted by Crippen LogP contribution is 2.14. The van der Waals surface area contributed by atoms with Gasteiger partial charge in [0.05, 0.1) is 13.0 Å². The number of unbranched alkanes of at least 4 members (excludes halogenated alkanes) is 1. The van der Waals surface area contributed by atoms with Crippen LogP contribution >= 0.6 is 0 Å². The highest BCUT2D eigenvalue weighted by atomic mass is 16.6. The molecule has 0 aliphatic heterocycles. The highest BCUT2D eigenvalue weighted by Gasteiger charge is 2.17. The van der Waals surface area contributed by atoms with E-state index >= 15 is 0 Å². The molecule has 0 fully saturated rings. The van der Waals surface area contributed by atoms with Crippen LogP contribution < -0.4 is 0 Å². The van der Waals surface area contributed by atoms with Crippen LogP contribution in [0.4, 0.5) is 0 Å². The predicted octanol–water partition coefficient (Wildman–Crippen LogP) is 4.05. The minimum atomic E-state index is -0.451. The van der Waals surface area contributed by atoms with Gasteiger partial charge in [-0.05, 0) is 44.7 Å². The Labute approximate surface area is 128 Å². The number of rotatable bonds is 8. The lowest BCUT2D eigenvalue weighted by Gasteiger charge is -2.20. The van der Waals surface area contributed by atoms with Gasteiger partial charge in [0.15, 0.2) is 0 Å². The molecular formula is C18H26O3. The molecule has 0 heterocycles. The third-order valence-electron chi connectivity index (χ3n) is 2.83. The molecule has 0 unspecified atom stereocenters. The maximum absolute atomic E-state index is 11.9. The van der Waals surface area contributed by atoms with Gasteiger partial charge in [-0.25, -0.2) is 0 Å². The molecule has 116 valence electrons. The van der Waals surface area contributed by atoms with E-state index in [1.54, 1.807) is 0 Å². The smallest absolute Gasteiger partial charge is 0.310 e. The molecule has 0 spiro atoms. The van der Waals surface area contributed by atoms with Crippen molar-refractivity contribution in [2.75, 3.05) is 6.61 Å². The van der Waals surface area contributed by atoms with Crippen LogP contribution in [0.15, 0.2) is 36.9 Å². The average molecular weight is 290 g/mol. The first-order valence-corrected chi connectivity index (χ1v) is 7.39. The topological polar surface area (TPSA) is 35.5 Å². The first-order chi connectivity index (χ1) is 9.92. The summed E-state index contributed by atoms with van der Waals surface area (Å²) in [7, 11) is 0. The molecule has 0 bridgehead atoms. The van der Waals surface area contributed by atoms with E-state index in [2.05, 4.69) is 6.58 Å². The van der Waals surface area contributed by atoms with Crippen LogP contribution in [0.2, 0.25) is 0 Å². The van der Waals surface area contributed by atoms with Gasteiger partial charge in [-0.2, -0.15) is 0 Å². The lowest BCUT2D eigenvalue weighted by atomic mass is 10.1. The number of esters is 1. The van der Waals surface area contributed by atoms with Crippen molar-refractivity contribution >= 4 is 5.97 Å². The fourth-order valence-corrected chi connectivity index (χ4v) is 1.92. The summed E-state index contributed by atoms with van der Waals surface area (Å²) in [5.41, 5.74) is 1.56. The van der Waals surface area contributed by atoms with Crippen molar-refractivity contribution in [1.29, 1.82) is 0 Å². The van der Waals surface area contributed by atoms with Crippen molar-refractivity contribution in [1.82, 2.24) is 0 Å². The molecule has 0 atom stereocenters. The highest BCUT2D eigenvalue weighted by molar-refractivity contribution is 5.73. The zero-order valence-corrected chi connectivity index (χ0v) is 13.4. The summed E-state index contributed by atoms with van der Waals surface area (Å²) in [5, 5.41) is 0. The number of benzene rings is 1. The first kappa shape index (κ1) is 17.4. The largest absolute Gasteiger partial charge is 0.460 e. The van der Waals surface area contributed by atoms with Gasteiger partial charge in [-0.1, -0.05) is 30.3 Å². The Morgan fingerprint density at radius 3 is 2.52 bits per heavy atom. The van der Waals surface area contributed by atoms with Gasteiger partial charge in [-0.15, -0.1) is 6.58 Å². The van der Waals surface area contributed by atoms with Crippen LogP contribution in [-0.2, 0) is 27.3 Å². The normalized spacial score (nSPS) is 11.2. The van der Waals surface area contributed by atoms with E-state index in [0.717, 1.165) is 24.0 Å². The lowest BCUT2D eigenvalue weighted by Crippen LogP contribution is -2.25. The van der Waals surface area contributed by atoms with E-state index in [9.17, 15) is 4.79 Å². The minimum absolute atomic E-state index is 0.207. The number of carbonyl (C=O) groups excluding carboxylic acids is 1. The summed E-state index contributed by atoms with van der Waals surface area (Å²) in [6, 6.07) is 7.83. The first-order valence-electron chi connectivity index (χ1n) is 7.39. The van der Waals surface area contributed by atoms with Gasteiger partial charge < -0.3 is 9.47 Å². The molecule has 0 aromatic heterocycles. The summed E-state index contributed by atoms with van der Waals surface area (Å²) in [6.45, 7) is 10.5. The molecule has 0 saturated carbocycles. The van der Waals surface area contributed by atoms with Crippen LogP contribution in [0, 0.1) is 0 Å². The molecule has 1 aromatic rings. The van der Waals surface area contributed by atoms with Crippen LogP contribution in [0.5, 0.6) is 0 Å². The van der Waals surface area contributed by atoms with E-state index in [0.29, 0.717) is 13.2 Å². The molecule has 0 aliphatic carbocycles. The average Bonchev–Trinajstić information content (AvgIpc) is 2.38. The number of hydrogen-bond donors (Lipinski definition) is 0. The lowest BCUT2D eigenvalue weighted by molar-refractivity contribution is -0.153. The van der Waals surface area contributed by atoms with E-state index in [1.807, 2.05) is 51.1 Å². The monoisotopic (exact) mass is 290 g/mol. The Kier molecular flexibility index (Phi) is 7.17. The molecule has 0 N–H and O–H groups in total. The Morgan fingerprint density at radius 2 is 1.90 bits per heavy atom. The summed E-state index contributed by atoms with van der Waals surface area (Å²) in [4.78, 5) is 11.9. The van der Waals surface area contributed by atoms with Crippen LogP contribution in [0.1, 0.15) is 44.7 Å². The minimum Gasteiger partial charge on any atom is -0.460 e. The second-order valence-electron chi connectivity index (χ2n) is 6.02.